The van der Waals surface area contributed by atoms with E-state index < -0.39 is 0 Å². The number of piperazine rings is 1. The van der Waals surface area contributed by atoms with E-state index in [1.165, 1.54) is 18.4 Å². The van der Waals surface area contributed by atoms with E-state index in [0.717, 1.165) is 29.1 Å². The molecule has 0 bridgehead atoms. The second kappa shape index (κ2) is 11.6. The van der Waals surface area contributed by atoms with Crippen molar-refractivity contribution in [3.8, 4) is 0 Å². The third kappa shape index (κ3) is 6.24. The number of ether oxygens (including phenoxy) is 2. The maximum Gasteiger partial charge on any atom is 0.337 e. The summed E-state index contributed by atoms with van der Waals surface area (Å²) >= 11 is 7.58. The van der Waals surface area contributed by atoms with Gasteiger partial charge in [0.05, 0.1) is 30.3 Å². The Morgan fingerprint density at radius 3 is 2.32 bits per heavy atom. The molecule has 1 atom stereocenters. The highest BCUT2D eigenvalue weighted by Crippen LogP contribution is 2.24. The topological polar surface area (TPSA) is 59.1 Å². The van der Waals surface area contributed by atoms with Crippen molar-refractivity contribution in [2.24, 2.45) is 0 Å². The molecular formula is C26H27ClN2O4S. The molecule has 1 saturated heterocycles. The van der Waals surface area contributed by atoms with Crippen LogP contribution in [0.3, 0.4) is 0 Å². The lowest BCUT2D eigenvalue weighted by atomic mass is 10.1. The molecule has 34 heavy (non-hydrogen) atoms. The molecule has 178 valence electrons. The fraction of sp³-hybridized carbons (Fsp3) is 0.308. The van der Waals surface area contributed by atoms with Crippen LogP contribution < -0.4 is 0 Å². The van der Waals surface area contributed by atoms with E-state index in [1.807, 2.05) is 58.8 Å². The fourth-order valence-electron chi connectivity index (χ4n) is 3.91. The van der Waals surface area contributed by atoms with Crippen LogP contribution in [0.25, 0.3) is 0 Å². The van der Waals surface area contributed by atoms with E-state index in [9.17, 15) is 9.59 Å². The van der Waals surface area contributed by atoms with E-state index >= 15 is 0 Å². The van der Waals surface area contributed by atoms with Crippen molar-refractivity contribution in [3.05, 3.63) is 92.6 Å². The van der Waals surface area contributed by atoms with Crippen LogP contribution in [0.5, 0.6) is 0 Å². The van der Waals surface area contributed by atoms with Gasteiger partial charge in [-0.05, 0) is 46.8 Å². The molecule has 3 aromatic rings. The molecule has 0 radical (unpaired) electrons. The van der Waals surface area contributed by atoms with E-state index in [-0.39, 0.29) is 18.0 Å². The Morgan fingerprint density at radius 2 is 1.71 bits per heavy atom. The van der Waals surface area contributed by atoms with Crippen molar-refractivity contribution in [1.82, 2.24) is 9.80 Å². The third-order valence-corrected chi connectivity index (χ3v) is 6.99. The Hall–Kier alpha value is -2.71. The molecule has 0 saturated carbocycles. The molecular weight excluding hydrogens is 472 g/mol. The van der Waals surface area contributed by atoms with Crippen molar-refractivity contribution < 1.29 is 19.1 Å². The van der Waals surface area contributed by atoms with E-state index in [0.29, 0.717) is 36.8 Å². The van der Waals surface area contributed by atoms with Crippen LogP contribution in [-0.2, 0) is 16.1 Å². The predicted molar refractivity (Wildman–Crippen MR) is 133 cm³/mol. The molecule has 1 fully saturated rings. The number of hydrogen-bond acceptors (Lipinski definition) is 6. The predicted octanol–water partition coefficient (Wildman–Crippen LogP) is 4.90. The average molecular weight is 499 g/mol. The minimum absolute atomic E-state index is 0.107. The highest BCUT2D eigenvalue weighted by atomic mass is 35.5. The largest absolute Gasteiger partial charge is 0.465 e. The zero-order chi connectivity index (χ0) is 23.9. The Kier molecular flexibility index (Phi) is 8.34. The van der Waals surface area contributed by atoms with Gasteiger partial charge in [-0.15, -0.1) is 11.3 Å². The highest BCUT2D eigenvalue weighted by molar-refractivity contribution is 7.12. The monoisotopic (exact) mass is 498 g/mol. The molecule has 1 aromatic heterocycles. The van der Waals surface area contributed by atoms with Gasteiger partial charge in [-0.2, -0.15) is 0 Å². The third-order valence-electron chi connectivity index (χ3n) is 5.88. The molecule has 1 unspecified atom stereocenters. The van der Waals surface area contributed by atoms with Crippen molar-refractivity contribution in [2.45, 2.75) is 12.7 Å². The van der Waals surface area contributed by atoms with Gasteiger partial charge in [-0.25, -0.2) is 4.79 Å². The standard InChI is InChI=1S/C26H27ClN2O4S/c1-32-26(31)21-6-4-19(5-7-21)18-33-23(20-8-10-22(27)11-9-20)17-28-12-14-29(15-13-28)25(30)24-3-2-16-34-24/h2-11,16,23H,12-15,17-18H2,1H3. The van der Waals surface area contributed by atoms with Gasteiger partial charge in [-0.1, -0.05) is 41.9 Å². The summed E-state index contributed by atoms with van der Waals surface area (Å²) in [6.45, 7) is 4.09. The molecule has 2 heterocycles. The quantitative estimate of drug-likeness (QED) is 0.413. The van der Waals surface area contributed by atoms with Crippen LogP contribution in [0.1, 0.15) is 37.3 Å². The number of thiophene rings is 1. The average Bonchev–Trinajstić information content (AvgIpc) is 3.42. The number of halogens is 1. The van der Waals surface area contributed by atoms with Gasteiger partial charge < -0.3 is 14.4 Å². The molecule has 1 aliphatic rings. The minimum Gasteiger partial charge on any atom is -0.465 e. The van der Waals surface area contributed by atoms with Crippen LogP contribution in [0.15, 0.2) is 66.0 Å². The number of nitrogens with zero attached hydrogens (tertiary/aromatic N) is 2. The first-order valence-electron chi connectivity index (χ1n) is 11.1. The Balaban J connectivity index is 1.38. The second-order valence-corrected chi connectivity index (χ2v) is 9.49. The molecule has 4 rings (SSSR count). The van der Waals surface area contributed by atoms with Crippen molar-refractivity contribution in [3.63, 3.8) is 0 Å². The van der Waals surface area contributed by atoms with Crippen molar-refractivity contribution in [2.75, 3.05) is 39.8 Å². The number of carbonyl (C=O) groups is 2. The molecule has 6 nitrogen and oxygen atoms in total. The molecule has 1 amide bonds. The summed E-state index contributed by atoms with van der Waals surface area (Å²) in [6.07, 6.45) is -0.155. The minimum atomic E-state index is -0.358. The number of hydrogen-bond donors (Lipinski definition) is 0. The summed E-state index contributed by atoms with van der Waals surface area (Å²) in [5.41, 5.74) is 2.53. The fourth-order valence-corrected chi connectivity index (χ4v) is 4.72. The van der Waals surface area contributed by atoms with E-state index in [4.69, 9.17) is 21.1 Å². The number of methoxy groups -OCH3 is 1. The molecule has 1 aliphatic heterocycles. The Labute approximate surface area is 208 Å². The molecule has 2 aromatic carbocycles. The Bertz CT molecular complexity index is 1080. The van der Waals surface area contributed by atoms with Gasteiger partial charge in [0.1, 0.15) is 0 Å². The van der Waals surface area contributed by atoms with Gasteiger partial charge in [0.25, 0.3) is 5.91 Å². The number of amides is 1. The summed E-state index contributed by atoms with van der Waals surface area (Å²) in [4.78, 5) is 29.3. The summed E-state index contributed by atoms with van der Waals surface area (Å²) < 4.78 is 11.1. The first-order valence-corrected chi connectivity index (χ1v) is 12.4. The van der Waals surface area contributed by atoms with Gasteiger partial charge in [0.15, 0.2) is 0 Å². The normalized spacial score (nSPS) is 15.2. The van der Waals surface area contributed by atoms with Gasteiger partial charge in [0, 0.05) is 37.7 Å². The van der Waals surface area contributed by atoms with Gasteiger partial charge >= 0.3 is 5.97 Å². The highest BCUT2D eigenvalue weighted by Gasteiger charge is 2.25. The molecule has 0 spiro atoms. The zero-order valence-corrected chi connectivity index (χ0v) is 20.6. The van der Waals surface area contributed by atoms with E-state index in [1.54, 1.807) is 12.1 Å². The molecule has 0 N–H and O–H groups in total. The van der Waals surface area contributed by atoms with Gasteiger partial charge in [0.2, 0.25) is 0 Å². The van der Waals surface area contributed by atoms with Crippen molar-refractivity contribution >= 4 is 34.8 Å². The maximum absolute atomic E-state index is 12.6. The van der Waals surface area contributed by atoms with Gasteiger partial charge in [-0.3, -0.25) is 9.69 Å². The van der Waals surface area contributed by atoms with Crippen LogP contribution in [-0.4, -0.2) is 61.5 Å². The number of benzene rings is 2. The zero-order valence-electron chi connectivity index (χ0n) is 19.0. The summed E-state index contributed by atoms with van der Waals surface area (Å²) in [6, 6.07) is 18.7. The summed E-state index contributed by atoms with van der Waals surface area (Å²) in [5.74, 6) is -0.251. The smallest absolute Gasteiger partial charge is 0.337 e. The maximum atomic E-state index is 12.6. The van der Waals surface area contributed by atoms with Crippen LogP contribution >= 0.6 is 22.9 Å². The lowest BCUT2D eigenvalue weighted by molar-refractivity contribution is 0.00346. The molecule has 0 aliphatic carbocycles. The van der Waals surface area contributed by atoms with Crippen LogP contribution in [0.4, 0.5) is 0 Å². The lowest BCUT2D eigenvalue weighted by Gasteiger charge is -2.36. The number of rotatable bonds is 8. The second-order valence-electron chi connectivity index (χ2n) is 8.11. The van der Waals surface area contributed by atoms with Crippen LogP contribution in [0, 0.1) is 0 Å². The first kappa shape index (κ1) is 24.4. The Morgan fingerprint density at radius 1 is 1.00 bits per heavy atom. The summed E-state index contributed by atoms with van der Waals surface area (Å²) in [5, 5.41) is 2.61. The molecule has 8 heteroatoms. The first-order chi connectivity index (χ1) is 16.5. The summed E-state index contributed by atoms with van der Waals surface area (Å²) in [7, 11) is 1.37. The van der Waals surface area contributed by atoms with E-state index in [2.05, 4.69) is 4.90 Å². The number of carbonyl (C=O) groups excluding carboxylic acids is 2. The lowest BCUT2D eigenvalue weighted by Crippen LogP contribution is -2.49. The number of esters is 1. The van der Waals surface area contributed by atoms with Crippen molar-refractivity contribution in [1.29, 1.82) is 0 Å². The van der Waals surface area contributed by atoms with Crippen LogP contribution in [0.2, 0.25) is 5.02 Å². The SMILES string of the molecule is COC(=O)c1ccc(COC(CN2CCN(C(=O)c3cccs3)CC2)c2ccc(Cl)cc2)cc1.